The van der Waals surface area contributed by atoms with Crippen molar-refractivity contribution in [2.24, 2.45) is 5.41 Å². The van der Waals surface area contributed by atoms with E-state index in [1.165, 1.54) is 5.06 Å². The Morgan fingerprint density at radius 2 is 1.84 bits per heavy atom. The van der Waals surface area contributed by atoms with Crippen LogP contribution in [-0.4, -0.2) is 72.9 Å². The van der Waals surface area contributed by atoms with Crippen molar-refractivity contribution < 1.29 is 37.5 Å². The fourth-order valence-electron chi connectivity index (χ4n) is 3.54. The summed E-state index contributed by atoms with van der Waals surface area (Å²) in [5, 5.41) is 22.3. The van der Waals surface area contributed by atoms with E-state index in [4.69, 9.17) is 4.84 Å². The lowest BCUT2D eigenvalue weighted by Gasteiger charge is -2.28. The molecule has 214 valence electrons. The normalized spacial score (nSPS) is 15.7. The lowest BCUT2D eigenvalue weighted by atomic mass is 9.96. The quantitative estimate of drug-likeness (QED) is 0.273. The van der Waals surface area contributed by atoms with Gasteiger partial charge in [-0.25, -0.2) is 4.79 Å². The fraction of sp³-hybridized carbons (Fsp3) is 0.640. The number of hydrogen-bond donors (Lipinski definition) is 5. The van der Waals surface area contributed by atoms with Crippen molar-refractivity contribution in [1.82, 2.24) is 21.0 Å². The fourth-order valence-corrected chi connectivity index (χ4v) is 3.54. The molecule has 2 rings (SSSR count). The first-order valence-electron chi connectivity index (χ1n) is 12.6. The molecule has 0 aliphatic carbocycles. The van der Waals surface area contributed by atoms with Crippen LogP contribution in [0.15, 0.2) is 18.2 Å². The number of hydroxylamine groups is 2. The molecule has 0 unspecified atom stereocenters. The second-order valence-electron chi connectivity index (χ2n) is 10.4. The van der Waals surface area contributed by atoms with Gasteiger partial charge in [-0.2, -0.15) is 13.2 Å². The average molecular weight is 546 g/mol. The summed E-state index contributed by atoms with van der Waals surface area (Å²) in [6, 6.07) is 1.64. The van der Waals surface area contributed by atoms with Crippen molar-refractivity contribution in [3.8, 4) is 0 Å². The highest BCUT2D eigenvalue weighted by Gasteiger charge is 2.32. The van der Waals surface area contributed by atoms with Crippen LogP contribution in [0.3, 0.4) is 0 Å². The minimum Gasteiger partial charge on any atom is -0.391 e. The highest BCUT2D eigenvalue weighted by atomic mass is 19.4. The van der Waals surface area contributed by atoms with Gasteiger partial charge in [-0.1, -0.05) is 34.1 Å². The zero-order valence-electron chi connectivity index (χ0n) is 22.2. The first kappa shape index (κ1) is 31.3. The summed E-state index contributed by atoms with van der Waals surface area (Å²) in [5.74, 6) is -1.63. The van der Waals surface area contributed by atoms with Crippen LogP contribution in [0.4, 0.5) is 23.7 Å². The van der Waals surface area contributed by atoms with Gasteiger partial charge in [-0.05, 0) is 36.5 Å². The largest absolute Gasteiger partial charge is 0.430 e. The number of hydrogen-bond acceptors (Lipinski definition) is 7. The van der Waals surface area contributed by atoms with Gasteiger partial charge in [0.1, 0.15) is 0 Å². The first-order chi connectivity index (χ1) is 17.7. The van der Waals surface area contributed by atoms with Gasteiger partial charge in [0.15, 0.2) is 0 Å². The molecular formula is C25H38F3N5O5. The minimum atomic E-state index is -4.73. The third-order valence-corrected chi connectivity index (χ3v) is 5.68. The number of aliphatic hydroxyl groups excluding tert-OH is 1. The van der Waals surface area contributed by atoms with Gasteiger partial charge in [0.2, 0.25) is 5.91 Å². The molecule has 1 aromatic rings. The molecule has 0 bridgehead atoms. The molecule has 1 aliphatic heterocycles. The van der Waals surface area contributed by atoms with E-state index in [-0.39, 0.29) is 11.1 Å². The van der Waals surface area contributed by atoms with E-state index in [0.29, 0.717) is 45.1 Å². The Morgan fingerprint density at radius 1 is 1.16 bits per heavy atom. The van der Waals surface area contributed by atoms with Crippen LogP contribution in [0.5, 0.6) is 0 Å². The average Bonchev–Trinajstić information content (AvgIpc) is 2.78. The number of amides is 3. The zero-order valence-corrected chi connectivity index (χ0v) is 22.2. The number of nitrogens with zero attached hydrogens (tertiary/aromatic N) is 1. The Kier molecular flexibility index (Phi) is 11.3. The predicted octanol–water partition coefficient (Wildman–Crippen LogP) is 2.89. The smallest absolute Gasteiger partial charge is 0.391 e. The molecule has 3 amide bonds. The summed E-state index contributed by atoms with van der Waals surface area (Å²) in [6.45, 7) is 9.43. The van der Waals surface area contributed by atoms with Crippen LogP contribution >= 0.6 is 0 Å². The van der Waals surface area contributed by atoms with E-state index in [1.807, 2.05) is 27.7 Å². The van der Waals surface area contributed by atoms with Gasteiger partial charge in [0, 0.05) is 26.2 Å². The van der Waals surface area contributed by atoms with E-state index in [1.54, 1.807) is 0 Å². The zero-order chi connectivity index (χ0) is 28.5. The maximum Gasteiger partial charge on any atom is 0.430 e. The van der Waals surface area contributed by atoms with Gasteiger partial charge >= 0.3 is 12.3 Å². The van der Waals surface area contributed by atoms with Crippen LogP contribution in [0, 0.1) is 5.41 Å². The lowest BCUT2D eigenvalue weighted by molar-refractivity contribution is -0.137. The van der Waals surface area contributed by atoms with Gasteiger partial charge in [-0.3, -0.25) is 14.9 Å². The molecule has 1 fully saturated rings. The summed E-state index contributed by atoms with van der Waals surface area (Å²) < 4.78 is 39.8. The van der Waals surface area contributed by atoms with Crippen molar-refractivity contribution in [1.29, 1.82) is 0 Å². The number of aliphatic hydroxyl groups is 1. The number of carbonyl (C=O) groups is 3. The second-order valence-corrected chi connectivity index (χ2v) is 10.4. The maximum atomic E-state index is 13.3. The number of rotatable bonds is 12. The molecule has 0 radical (unpaired) electrons. The Balaban J connectivity index is 2.07. The highest BCUT2D eigenvalue weighted by molar-refractivity contribution is 6.03. The van der Waals surface area contributed by atoms with E-state index in [0.717, 1.165) is 18.6 Å². The summed E-state index contributed by atoms with van der Waals surface area (Å²) in [4.78, 5) is 42.5. The molecule has 0 aromatic heterocycles. The van der Waals surface area contributed by atoms with Crippen LogP contribution in [0.25, 0.3) is 0 Å². The second kappa shape index (κ2) is 13.8. The van der Waals surface area contributed by atoms with E-state index < -0.39 is 53.9 Å². The summed E-state index contributed by atoms with van der Waals surface area (Å²) in [6.07, 6.45) is -4.54. The summed E-state index contributed by atoms with van der Waals surface area (Å²) >= 11 is 0. The van der Waals surface area contributed by atoms with Crippen LogP contribution in [0.1, 0.15) is 62.9 Å². The monoisotopic (exact) mass is 545 g/mol. The summed E-state index contributed by atoms with van der Waals surface area (Å²) in [5.41, 5.74) is -1.80. The third kappa shape index (κ3) is 10.5. The number of carbonyl (C=O) groups excluding carboxylic acids is 3. The number of halogens is 3. The van der Waals surface area contributed by atoms with Crippen LogP contribution < -0.4 is 21.3 Å². The maximum absolute atomic E-state index is 13.3. The van der Waals surface area contributed by atoms with Gasteiger partial charge in [0.05, 0.1) is 35.5 Å². The minimum absolute atomic E-state index is 0.0172. The molecule has 0 saturated carbocycles. The number of anilines is 1. The Bertz CT molecular complexity index is 964. The molecule has 10 nitrogen and oxygen atoms in total. The molecule has 1 saturated heterocycles. The lowest BCUT2D eigenvalue weighted by Crippen LogP contribution is -2.52. The van der Waals surface area contributed by atoms with Crippen molar-refractivity contribution in [2.45, 2.75) is 65.3 Å². The molecule has 1 heterocycles. The standard InChI is InChI=1S/C25H38F3N5O5/c1-5-7-20(34)19(13-29-15-24(2,3)4)31-21(35)14-30-22(36)17-12-16(25(26,27)28)8-9-18(17)32-23(37)38-33-10-6-11-33/h8-9,12,19-20,29,34H,5-7,10-11,13-15H2,1-4H3,(H,30,36)(H,31,35)(H,32,37)/t19-,20-/m0/s1. The van der Waals surface area contributed by atoms with Crippen molar-refractivity contribution in [2.75, 3.05) is 38.0 Å². The van der Waals surface area contributed by atoms with Gasteiger partial charge in [-0.15, -0.1) is 5.06 Å². The Morgan fingerprint density at radius 3 is 2.39 bits per heavy atom. The van der Waals surface area contributed by atoms with Crippen molar-refractivity contribution in [3.05, 3.63) is 29.3 Å². The van der Waals surface area contributed by atoms with E-state index in [2.05, 4.69) is 21.3 Å². The SMILES string of the molecule is CCC[C@H](O)[C@H](CNCC(C)(C)C)NC(=O)CNC(=O)c1cc(C(F)(F)F)ccc1NC(=O)ON1CCC1. The van der Waals surface area contributed by atoms with Crippen LogP contribution in [-0.2, 0) is 15.8 Å². The third-order valence-electron chi connectivity index (χ3n) is 5.68. The molecule has 0 spiro atoms. The van der Waals surface area contributed by atoms with E-state index >= 15 is 0 Å². The number of alkyl halides is 3. The Labute approximate surface area is 220 Å². The van der Waals surface area contributed by atoms with E-state index in [9.17, 15) is 32.7 Å². The summed E-state index contributed by atoms with van der Waals surface area (Å²) in [7, 11) is 0. The van der Waals surface area contributed by atoms with Crippen LogP contribution in [0.2, 0.25) is 0 Å². The molecule has 38 heavy (non-hydrogen) atoms. The predicted molar refractivity (Wildman–Crippen MR) is 135 cm³/mol. The van der Waals surface area contributed by atoms with Crippen molar-refractivity contribution in [3.63, 3.8) is 0 Å². The molecule has 2 atom stereocenters. The van der Waals surface area contributed by atoms with Crippen molar-refractivity contribution >= 4 is 23.6 Å². The molecule has 5 N–H and O–H groups in total. The molecule has 1 aromatic carbocycles. The van der Waals surface area contributed by atoms with Gasteiger partial charge in [0.25, 0.3) is 5.91 Å². The van der Waals surface area contributed by atoms with Gasteiger partial charge < -0.3 is 25.9 Å². The molecule has 13 heteroatoms. The number of benzene rings is 1. The number of nitrogens with one attached hydrogen (secondary N) is 4. The Hall–Kier alpha value is -2.90. The highest BCUT2D eigenvalue weighted by Crippen LogP contribution is 2.32. The topological polar surface area (TPSA) is 132 Å². The molecule has 1 aliphatic rings. The molecular weight excluding hydrogens is 507 g/mol. The first-order valence-corrected chi connectivity index (χ1v) is 12.6.